The zero-order valence-electron chi connectivity index (χ0n) is 19.0. The van der Waals surface area contributed by atoms with E-state index in [1.807, 2.05) is 36.4 Å². The minimum Gasteiger partial charge on any atom is -0.480 e. The molecule has 0 fully saturated rings. The van der Waals surface area contributed by atoms with Gasteiger partial charge in [0.25, 0.3) is 0 Å². The molecule has 1 aromatic heterocycles. The third-order valence-electron chi connectivity index (χ3n) is 6.11. The number of hydrogen-bond donors (Lipinski definition) is 2. The molecule has 0 spiro atoms. The van der Waals surface area contributed by atoms with Crippen LogP contribution in [0.1, 0.15) is 28.5 Å². The fourth-order valence-corrected chi connectivity index (χ4v) is 4.42. The Balaban J connectivity index is 1.23. The van der Waals surface area contributed by atoms with E-state index < -0.39 is 18.1 Å². The summed E-state index contributed by atoms with van der Waals surface area (Å²) in [4.78, 5) is 28.5. The van der Waals surface area contributed by atoms with Crippen molar-refractivity contribution in [3.63, 3.8) is 0 Å². The summed E-state index contributed by atoms with van der Waals surface area (Å²) in [6, 6.07) is 22.0. The van der Waals surface area contributed by atoms with Crippen molar-refractivity contribution >= 4 is 12.1 Å². The Bertz CT molecular complexity index is 1330. The Labute approximate surface area is 201 Å². The van der Waals surface area contributed by atoms with Gasteiger partial charge >= 0.3 is 12.1 Å². The molecule has 0 unspecified atom stereocenters. The minimum absolute atomic E-state index is 0.0993. The number of nitrogens with one attached hydrogen (secondary N) is 1. The van der Waals surface area contributed by atoms with Gasteiger partial charge in [-0.3, -0.25) is 0 Å². The smallest absolute Gasteiger partial charge is 0.407 e. The fourth-order valence-electron chi connectivity index (χ4n) is 4.42. The lowest BCUT2D eigenvalue weighted by Crippen LogP contribution is -2.42. The Hall–Kier alpha value is -4.46. The first kappa shape index (κ1) is 22.3. The predicted molar refractivity (Wildman–Crippen MR) is 128 cm³/mol. The number of aromatic nitrogens is 2. The number of rotatable bonds is 7. The van der Waals surface area contributed by atoms with E-state index in [4.69, 9.17) is 9.26 Å². The molecule has 0 saturated heterocycles. The molecular weight excluding hydrogens is 446 g/mol. The zero-order valence-corrected chi connectivity index (χ0v) is 19.0. The van der Waals surface area contributed by atoms with E-state index in [0.29, 0.717) is 11.7 Å². The molecule has 5 rings (SSSR count). The van der Waals surface area contributed by atoms with Crippen LogP contribution in [0.15, 0.2) is 77.3 Å². The molecule has 0 aliphatic heterocycles. The average Bonchev–Trinajstić information content (AvgIpc) is 3.44. The number of hydrogen-bond acceptors (Lipinski definition) is 6. The number of benzene rings is 3. The predicted octanol–water partition coefficient (Wildman–Crippen LogP) is 4.58. The van der Waals surface area contributed by atoms with Gasteiger partial charge in [0, 0.05) is 24.8 Å². The first-order chi connectivity index (χ1) is 17.0. The Morgan fingerprint density at radius 3 is 2.20 bits per heavy atom. The molecule has 0 saturated carbocycles. The highest BCUT2D eigenvalue weighted by atomic mass is 16.5. The summed E-state index contributed by atoms with van der Waals surface area (Å²) in [5, 5.41) is 16.0. The lowest BCUT2D eigenvalue weighted by Gasteiger charge is -2.17. The van der Waals surface area contributed by atoms with Crippen LogP contribution < -0.4 is 5.32 Å². The third kappa shape index (κ3) is 4.63. The Morgan fingerprint density at radius 2 is 1.63 bits per heavy atom. The standard InChI is InChI=1S/C27H23N3O5/c1-16-28-25(30-35-16)18-12-10-17(11-13-18)14-24(26(31)32)29-27(33)34-15-23-21-8-4-2-6-19(21)20-7-3-5-9-22(20)23/h2-13,23-24H,14-15H2,1H3,(H,29,33)(H,31,32)/t24-/m0/s1. The summed E-state index contributed by atoms with van der Waals surface area (Å²) in [5.41, 5.74) is 5.92. The second-order valence-corrected chi connectivity index (χ2v) is 8.40. The lowest BCUT2D eigenvalue weighted by atomic mass is 9.98. The van der Waals surface area contributed by atoms with Crippen LogP contribution in [-0.2, 0) is 16.0 Å². The number of alkyl carbamates (subject to hydrolysis) is 1. The van der Waals surface area contributed by atoms with Crippen LogP contribution in [0.3, 0.4) is 0 Å². The number of carbonyl (C=O) groups is 2. The molecule has 1 atom stereocenters. The highest BCUT2D eigenvalue weighted by Gasteiger charge is 2.29. The molecule has 8 nitrogen and oxygen atoms in total. The lowest BCUT2D eigenvalue weighted by molar-refractivity contribution is -0.139. The second kappa shape index (κ2) is 9.42. The quantitative estimate of drug-likeness (QED) is 0.407. The molecule has 0 bridgehead atoms. The largest absolute Gasteiger partial charge is 0.480 e. The van der Waals surface area contributed by atoms with E-state index in [2.05, 4.69) is 27.6 Å². The minimum atomic E-state index is -1.14. The van der Waals surface area contributed by atoms with Crippen molar-refractivity contribution < 1.29 is 24.0 Å². The van der Waals surface area contributed by atoms with Crippen molar-refractivity contribution in [1.82, 2.24) is 15.5 Å². The fraction of sp³-hybridized carbons (Fsp3) is 0.185. The molecule has 176 valence electrons. The number of carboxylic acids is 1. The van der Waals surface area contributed by atoms with Crippen LogP contribution in [0.5, 0.6) is 0 Å². The van der Waals surface area contributed by atoms with Crippen molar-refractivity contribution in [3.05, 3.63) is 95.4 Å². The highest BCUT2D eigenvalue weighted by molar-refractivity contribution is 5.81. The summed E-state index contributed by atoms with van der Waals surface area (Å²) < 4.78 is 10.5. The maximum Gasteiger partial charge on any atom is 0.407 e. The number of nitrogens with zero attached hydrogens (tertiary/aromatic N) is 2. The van der Waals surface area contributed by atoms with Crippen LogP contribution >= 0.6 is 0 Å². The van der Waals surface area contributed by atoms with Gasteiger partial charge in [-0.15, -0.1) is 0 Å². The number of ether oxygens (including phenoxy) is 1. The SMILES string of the molecule is Cc1nc(-c2ccc(C[C@H](NC(=O)OCC3c4ccccc4-c4ccccc43)C(=O)O)cc2)no1. The van der Waals surface area contributed by atoms with Gasteiger partial charge in [0.2, 0.25) is 11.7 Å². The van der Waals surface area contributed by atoms with Crippen molar-refractivity contribution in [3.8, 4) is 22.5 Å². The summed E-state index contributed by atoms with van der Waals surface area (Å²) in [6.07, 6.45) is -0.663. The van der Waals surface area contributed by atoms with E-state index >= 15 is 0 Å². The van der Waals surface area contributed by atoms with Crippen molar-refractivity contribution in [2.45, 2.75) is 25.3 Å². The summed E-state index contributed by atoms with van der Waals surface area (Å²) in [5.74, 6) is -0.322. The number of carboxylic acid groups (broad SMARTS) is 1. The number of amides is 1. The molecule has 1 aliphatic carbocycles. The molecule has 1 amide bonds. The third-order valence-corrected chi connectivity index (χ3v) is 6.11. The van der Waals surface area contributed by atoms with Gasteiger partial charge < -0.3 is 19.7 Å². The van der Waals surface area contributed by atoms with Crippen LogP contribution in [-0.4, -0.2) is 40.0 Å². The number of aliphatic carboxylic acids is 1. The molecule has 1 heterocycles. The molecule has 3 aromatic carbocycles. The van der Waals surface area contributed by atoms with Gasteiger partial charge in [0.1, 0.15) is 12.6 Å². The van der Waals surface area contributed by atoms with Crippen LogP contribution in [0.2, 0.25) is 0 Å². The topological polar surface area (TPSA) is 115 Å². The molecular formula is C27H23N3O5. The molecule has 2 N–H and O–H groups in total. The summed E-state index contributed by atoms with van der Waals surface area (Å²) in [6.45, 7) is 1.82. The summed E-state index contributed by atoms with van der Waals surface area (Å²) >= 11 is 0. The summed E-state index contributed by atoms with van der Waals surface area (Å²) in [7, 11) is 0. The van der Waals surface area contributed by atoms with Crippen LogP contribution in [0.4, 0.5) is 4.79 Å². The maximum absolute atomic E-state index is 12.5. The van der Waals surface area contributed by atoms with Crippen LogP contribution in [0, 0.1) is 6.92 Å². The van der Waals surface area contributed by atoms with Crippen molar-refractivity contribution in [2.24, 2.45) is 0 Å². The van der Waals surface area contributed by atoms with Gasteiger partial charge in [-0.1, -0.05) is 78.0 Å². The molecule has 0 radical (unpaired) electrons. The second-order valence-electron chi connectivity index (χ2n) is 8.40. The van der Waals surface area contributed by atoms with Gasteiger partial charge in [-0.05, 0) is 27.8 Å². The van der Waals surface area contributed by atoms with Gasteiger partial charge in [-0.2, -0.15) is 4.98 Å². The first-order valence-electron chi connectivity index (χ1n) is 11.2. The van der Waals surface area contributed by atoms with E-state index in [1.165, 1.54) is 0 Å². The van der Waals surface area contributed by atoms with Gasteiger partial charge in [-0.25, -0.2) is 9.59 Å². The number of aryl methyl sites for hydroxylation is 1. The van der Waals surface area contributed by atoms with Gasteiger partial charge in [0.05, 0.1) is 0 Å². The van der Waals surface area contributed by atoms with E-state index in [-0.39, 0.29) is 18.9 Å². The number of fused-ring (bicyclic) bond motifs is 3. The highest BCUT2D eigenvalue weighted by Crippen LogP contribution is 2.44. The van der Waals surface area contributed by atoms with E-state index in [1.54, 1.807) is 31.2 Å². The van der Waals surface area contributed by atoms with Crippen LogP contribution in [0.25, 0.3) is 22.5 Å². The molecule has 35 heavy (non-hydrogen) atoms. The number of carbonyl (C=O) groups excluding carboxylic acids is 1. The van der Waals surface area contributed by atoms with Crippen molar-refractivity contribution in [2.75, 3.05) is 6.61 Å². The maximum atomic E-state index is 12.5. The normalized spacial score (nSPS) is 13.1. The Kier molecular flexibility index (Phi) is 6.01. The Morgan fingerprint density at radius 1 is 1.00 bits per heavy atom. The van der Waals surface area contributed by atoms with E-state index in [9.17, 15) is 14.7 Å². The monoisotopic (exact) mass is 469 g/mol. The van der Waals surface area contributed by atoms with Gasteiger partial charge in [0.15, 0.2) is 0 Å². The van der Waals surface area contributed by atoms with E-state index in [0.717, 1.165) is 33.4 Å². The average molecular weight is 469 g/mol. The van der Waals surface area contributed by atoms with Crippen molar-refractivity contribution in [1.29, 1.82) is 0 Å². The first-order valence-corrected chi connectivity index (χ1v) is 11.2. The molecule has 1 aliphatic rings. The zero-order chi connectivity index (χ0) is 24.4. The molecule has 8 heteroatoms. The molecule has 4 aromatic rings.